The Morgan fingerprint density at radius 3 is 2.75 bits per heavy atom. The number of rotatable bonds is 4. The first-order chi connectivity index (χ1) is 11.6. The lowest BCUT2D eigenvalue weighted by molar-refractivity contribution is 0.101. The molecule has 0 aliphatic rings. The smallest absolute Gasteiger partial charge is 0.276 e. The van der Waals surface area contributed by atoms with Crippen molar-refractivity contribution in [1.82, 2.24) is 19.3 Å². The number of amides is 1. The van der Waals surface area contributed by atoms with Crippen LogP contribution in [0.2, 0.25) is 0 Å². The van der Waals surface area contributed by atoms with Crippen molar-refractivity contribution in [3.8, 4) is 6.07 Å². The lowest BCUT2D eigenvalue weighted by Gasteiger charge is -2.08. The van der Waals surface area contributed by atoms with Crippen molar-refractivity contribution in [1.29, 1.82) is 5.26 Å². The monoisotopic (exact) mass is 322 g/mol. The van der Waals surface area contributed by atoms with Crippen LogP contribution < -0.4 is 5.32 Å². The number of aromatic nitrogens is 4. The van der Waals surface area contributed by atoms with Gasteiger partial charge >= 0.3 is 0 Å². The Bertz CT molecular complexity index is 960. The number of anilines is 1. The molecule has 0 saturated carbocycles. The van der Waals surface area contributed by atoms with E-state index in [1.54, 1.807) is 22.9 Å². The van der Waals surface area contributed by atoms with Gasteiger partial charge in [-0.05, 0) is 45.0 Å². The number of imidazole rings is 1. The third-order valence-corrected chi connectivity index (χ3v) is 3.85. The number of hydrogen-bond acceptors (Lipinski definition) is 4. The van der Waals surface area contributed by atoms with Gasteiger partial charge in [0.05, 0.1) is 28.4 Å². The van der Waals surface area contributed by atoms with Crippen LogP contribution in [0, 0.1) is 18.3 Å². The Kier molecular flexibility index (Phi) is 4.04. The fourth-order valence-corrected chi connectivity index (χ4v) is 2.75. The normalized spacial score (nSPS) is 10.8. The predicted molar refractivity (Wildman–Crippen MR) is 90.7 cm³/mol. The van der Waals surface area contributed by atoms with Gasteiger partial charge in [0.1, 0.15) is 5.69 Å². The number of benzene rings is 1. The van der Waals surface area contributed by atoms with Gasteiger partial charge in [0.2, 0.25) is 5.95 Å². The molecule has 3 aromatic rings. The molecule has 122 valence electrons. The maximum Gasteiger partial charge on any atom is 0.276 e. The molecule has 0 unspecified atom stereocenters. The lowest BCUT2D eigenvalue weighted by atomic mass is 10.2. The summed E-state index contributed by atoms with van der Waals surface area (Å²) in [6.07, 6.45) is 0. The number of hydrogen-bond donors (Lipinski definition) is 1. The van der Waals surface area contributed by atoms with Crippen LogP contribution in [0.25, 0.3) is 11.0 Å². The van der Waals surface area contributed by atoms with Gasteiger partial charge in [-0.2, -0.15) is 10.4 Å². The zero-order valence-electron chi connectivity index (χ0n) is 13.9. The predicted octanol–water partition coefficient (Wildman–Crippen LogP) is 2.71. The Labute approximate surface area is 139 Å². The van der Waals surface area contributed by atoms with E-state index in [0.29, 0.717) is 35.8 Å². The topological polar surface area (TPSA) is 88.5 Å². The van der Waals surface area contributed by atoms with Crippen molar-refractivity contribution in [3.63, 3.8) is 0 Å². The molecule has 0 atom stereocenters. The van der Waals surface area contributed by atoms with Gasteiger partial charge in [0.25, 0.3) is 5.91 Å². The van der Waals surface area contributed by atoms with E-state index < -0.39 is 0 Å². The van der Waals surface area contributed by atoms with Crippen molar-refractivity contribution in [2.24, 2.45) is 0 Å². The highest BCUT2D eigenvalue weighted by atomic mass is 16.2. The average Bonchev–Trinajstić information content (AvgIpc) is 3.13. The zero-order chi connectivity index (χ0) is 17.3. The summed E-state index contributed by atoms with van der Waals surface area (Å²) in [5, 5.41) is 16.2. The minimum absolute atomic E-state index is 0.247. The summed E-state index contributed by atoms with van der Waals surface area (Å²) < 4.78 is 3.57. The van der Waals surface area contributed by atoms with E-state index in [1.807, 2.05) is 31.4 Å². The van der Waals surface area contributed by atoms with E-state index in [2.05, 4.69) is 21.5 Å². The second-order valence-electron chi connectivity index (χ2n) is 5.44. The molecule has 24 heavy (non-hydrogen) atoms. The van der Waals surface area contributed by atoms with Crippen LogP contribution in [0.3, 0.4) is 0 Å². The largest absolute Gasteiger partial charge is 0.310 e. The Morgan fingerprint density at radius 1 is 1.29 bits per heavy atom. The summed E-state index contributed by atoms with van der Waals surface area (Å²) in [5.74, 6) is 0.219. The van der Waals surface area contributed by atoms with E-state index in [0.717, 1.165) is 11.2 Å². The number of fused-ring (bicyclic) bond motifs is 1. The molecule has 0 spiro atoms. The SMILES string of the molecule is CCn1nc(C)cc1C(=O)Nc1nc2cc(C#N)ccc2n1CC. The highest BCUT2D eigenvalue weighted by molar-refractivity contribution is 6.03. The van der Waals surface area contributed by atoms with E-state index in [-0.39, 0.29) is 5.91 Å². The summed E-state index contributed by atoms with van der Waals surface area (Å²) in [6, 6.07) is 9.17. The molecule has 0 radical (unpaired) electrons. The summed E-state index contributed by atoms with van der Waals surface area (Å²) >= 11 is 0. The minimum atomic E-state index is -0.247. The van der Waals surface area contributed by atoms with Crippen molar-refractivity contribution in [2.75, 3.05) is 5.32 Å². The van der Waals surface area contributed by atoms with Gasteiger partial charge in [-0.25, -0.2) is 4.98 Å². The minimum Gasteiger partial charge on any atom is -0.310 e. The number of nitriles is 1. The Hall–Kier alpha value is -3.14. The quantitative estimate of drug-likeness (QED) is 0.800. The van der Waals surface area contributed by atoms with Gasteiger partial charge in [0.15, 0.2) is 0 Å². The maximum atomic E-state index is 12.6. The maximum absolute atomic E-state index is 12.6. The van der Waals surface area contributed by atoms with Crippen molar-refractivity contribution in [2.45, 2.75) is 33.9 Å². The fourth-order valence-electron chi connectivity index (χ4n) is 2.75. The van der Waals surface area contributed by atoms with Crippen LogP contribution in [-0.2, 0) is 13.1 Å². The second kappa shape index (κ2) is 6.16. The van der Waals surface area contributed by atoms with Crippen molar-refractivity contribution >= 4 is 22.9 Å². The highest BCUT2D eigenvalue weighted by Gasteiger charge is 2.17. The van der Waals surface area contributed by atoms with Crippen LogP contribution in [0.15, 0.2) is 24.3 Å². The third kappa shape index (κ3) is 2.63. The first-order valence-electron chi connectivity index (χ1n) is 7.83. The number of carbonyl (C=O) groups is 1. The van der Waals surface area contributed by atoms with Crippen LogP contribution in [-0.4, -0.2) is 25.2 Å². The van der Waals surface area contributed by atoms with Crippen molar-refractivity contribution in [3.05, 3.63) is 41.2 Å². The lowest BCUT2D eigenvalue weighted by Crippen LogP contribution is -2.19. The molecule has 2 heterocycles. The first kappa shape index (κ1) is 15.7. The number of nitrogens with one attached hydrogen (secondary N) is 1. The van der Waals surface area contributed by atoms with Gasteiger partial charge < -0.3 is 4.57 Å². The van der Waals surface area contributed by atoms with E-state index in [1.165, 1.54) is 0 Å². The molecule has 3 rings (SSSR count). The van der Waals surface area contributed by atoms with E-state index >= 15 is 0 Å². The molecular weight excluding hydrogens is 304 g/mol. The summed E-state index contributed by atoms with van der Waals surface area (Å²) in [5.41, 5.74) is 3.41. The van der Waals surface area contributed by atoms with Crippen LogP contribution >= 0.6 is 0 Å². The molecule has 1 aromatic carbocycles. The molecule has 2 aromatic heterocycles. The zero-order valence-corrected chi connectivity index (χ0v) is 13.9. The van der Waals surface area contributed by atoms with Crippen molar-refractivity contribution < 1.29 is 4.79 Å². The third-order valence-electron chi connectivity index (χ3n) is 3.85. The molecule has 7 heteroatoms. The van der Waals surface area contributed by atoms with E-state index in [9.17, 15) is 4.79 Å². The van der Waals surface area contributed by atoms with Gasteiger partial charge in [0, 0.05) is 13.1 Å². The molecule has 0 bridgehead atoms. The number of carbonyl (C=O) groups excluding carboxylic acids is 1. The molecule has 0 aliphatic heterocycles. The summed E-state index contributed by atoms with van der Waals surface area (Å²) in [7, 11) is 0. The highest BCUT2D eigenvalue weighted by Crippen LogP contribution is 2.21. The van der Waals surface area contributed by atoms with Crippen LogP contribution in [0.4, 0.5) is 5.95 Å². The average molecular weight is 322 g/mol. The second-order valence-corrected chi connectivity index (χ2v) is 5.44. The van der Waals surface area contributed by atoms with Crippen LogP contribution in [0.1, 0.15) is 35.6 Å². The molecular formula is C17H18N6O. The standard InChI is InChI=1S/C17H18N6O/c1-4-22-14-7-6-12(10-18)9-13(14)19-17(22)20-16(24)15-8-11(3)21-23(15)5-2/h6-9H,4-5H2,1-3H3,(H,19,20,24). The number of aryl methyl sites for hydroxylation is 3. The molecule has 1 amide bonds. The number of nitrogens with zero attached hydrogens (tertiary/aromatic N) is 5. The first-order valence-corrected chi connectivity index (χ1v) is 7.83. The fraction of sp³-hybridized carbons (Fsp3) is 0.294. The van der Waals surface area contributed by atoms with Gasteiger partial charge in [-0.3, -0.25) is 14.8 Å². The van der Waals surface area contributed by atoms with Crippen LogP contribution in [0.5, 0.6) is 0 Å². The molecule has 0 aliphatic carbocycles. The van der Waals surface area contributed by atoms with Gasteiger partial charge in [-0.15, -0.1) is 0 Å². The Morgan fingerprint density at radius 2 is 2.08 bits per heavy atom. The summed E-state index contributed by atoms with van der Waals surface area (Å²) in [4.78, 5) is 17.1. The Balaban J connectivity index is 2.00. The molecule has 7 nitrogen and oxygen atoms in total. The molecule has 1 N–H and O–H groups in total. The molecule has 0 saturated heterocycles. The summed E-state index contributed by atoms with van der Waals surface area (Å²) in [6.45, 7) is 7.05. The van der Waals surface area contributed by atoms with Gasteiger partial charge in [-0.1, -0.05) is 0 Å². The molecule has 0 fully saturated rings. The van der Waals surface area contributed by atoms with E-state index in [4.69, 9.17) is 5.26 Å².